The third-order valence-electron chi connectivity index (χ3n) is 3.10. The van der Waals surface area contributed by atoms with Crippen molar-refractivity contribution in [1.82, 2.24) is 5.32 Å². The molecule has 2 unspecified atom stereocenters. The zero-order valence-corrected chi connectivity index (χ0v) is 9.32. The number of rotatable bonds is 2. The van der Waals surface area contributed by atoms with Gasteiger partial charge in [0.15, 0.2) is 0 Å². The first-order valence-corrected chi connectivity index (χ1v) is 5.63. The Labute approximate surface area is 98.6 Å². The van der Waals surface area contributed by atoms with Crippen molar-refractivity contribution in [1.29, 1.82) is 0 Å². The summed E-state index contributed by atoms with van der Waals surface area (Å²) in [4.78, 5) is 11.8. The summed E-state index contributed by atoms with van der Waals surface area (Å²) >= 11 is 0. The lowest BCUT2D eigenvalue weighted by Gasteiger charge is -2.17. The smallest absolute Gasteiger partial charge is 0.258 e. The van der Waals surface area contributed by atoms with E-state index < -0.39 is 11.7 Å². The number of aromatic hydroxyl groups is 1. The van der Waals surface area contributed by atoms with Gasteiger partial charge in [-0.25, -0.2) is 4.39 Å². The number of benzene rings is 1. The first-order valence-electron chi connectivity index (χ1n) is 5.63. The van der Waals surface area contributed by atoms with Crippen LogP contribution in [-0.2, 0) is 0 Å². The first-order chi connectivity index (χ1) is 8.09. The van der Waals surface area contributed by atoms with Crippen LogP contribution in [0.4, 0.5) is 4.39 Å². The average Bonchev–Trinajstić information content (AvgIpc) is 2.64. The minimum absolute atomic E-state index is 0.0899. The molecule has 2 rings (SSSR count). The Morgan fingerprint density at radius 1 is 1.47 bits per heavy atom. The molecule has 0 bridgehead atoms. The summed E-state index contributed by atoms with van der Waals surface area (Å²) in [6.07, 6.45) is 2.60. The number of carbonyl (C=O) groups is 1. The molecule has 92 valence electrons. The van der Waals surface area contributed by atoms with Crippen LogP contribution in [0.2, 0.25) is 0 Å². The number of phenols is 1. The van der Waals surface area contributed by atoms with Crippen molar-refractivity contribution in [2.45, 2.75) is 31.3 Å². The van der Waals surface area contributed by atoms with Crippen molar-refractivity contribution >= 4 is 5.91 Å². The number of hydrogen-bond donors (Lipinski definition) is 3. The summed E-state index contributed by atoms with van der Waals surface area (Å²) < 4.78 is 13.4. The average molecular weight is 238 g/mol. The maximum absolute atomic E-state index is 13.4. The van der Waals surface area contributed by atoms with E-state index in [0.717, 1.165) is 25.3 Å². The second-order valence-electron chi connectivity index (χ2n) is 4.31. The van der Waals surface area contributed by atoms with Gasteiger partial charge in [0.05, 0.1) is 0 Å². The minimum Gasteiger partial charge on any atom is -0.507 e. The van der Waals surface area contributed by atoms with Crippen molar-refractivity contribution in [2.75, 3.05) is 0 Å². The standard InChI is InChI=1S/C12H15FN2O2/c13-7-3-1-6-10(16)11(7)12(17)15-9-5-2-4-8(9)14/h1,3,6,8-9,16H,2,4-5,14H2,(H,15,17). The van der Waals surface area contributed by atoms with Gasteiger partial charge in [0.1, 0.15) is 17.1 Å². The molecule has 1 aliphatic carbocycles. The molecule has 1 fully saturated rings. The number of halogens is 1. The van der Waals surface area contributed by atoms with Crippen molar-refractivity contribution in [3.8, 4) is 5.75 Å². The quantitative estimate of drug-likeness (QED) is 0.723. The molecule has 17 heavy (non-hydrogen) atoms. The van der Waals surface area contributed by atoms with Crippen LogP contribution >= 0.6 is 0 Å². The Morgan fingerprint density at radius 3 is 2.82 bits per heavy atom. The number of phenolic OH excluding ortho intramolecular Hbond substituents is 1. The normalized spacial score (nSPS) is 23.6. The zero-order chi connectivity index (χ0) is 12.4. The molecule has 0 heterocycles. The van der Waals surface area contributed by atoms with E-state index in [1.807, 2.05) is 0 Å². The van der Waals surface area contributed by atoms with Gasteiger partial charge in [0, 0.05) is 12.1 Å². The van der Waals surface area contributed by atoms with Gasteiger partial charge < -0.3 is 16.2 Å². The van der Waals surface area contributed by atoms with Gasteiger partial charge in [-0.2, -0.15) is 0 Å². The molecule has 0 aliphatic heterocycles. The predicted molar refractivity (Wildman–Crippen MR) is 61.1 cm³/mol. The highest BCUT2D eigenvalue weighted by molar-refractivity contribution is 5.97. The Morgan fingerprint density at radius 2 is 2.24 bits per heavy atom. The van der Waals surface area contributed by atoms with E-state index in [1.165, 1.54) is 12.1 Å². The van der Waals surface area contributed by atoms with Crippen molar-refractivity contribution < 1.29 is 14.3 Å². The molecule has 4 nitrogen and oxygen atoms in total. The van der Waals surface area contributed by atoms with E-state index in [9.17, 15) is 14.3 Å². The Hall–Kier alpha value is -1.62. The lowest BCUT2D eigenvalue weighted by Crippen LogP contribution is -2.44. The molecule has 5 heteroatoms. The predicted octanol–water partition coefficient (Wildman–Crippen LogP) is 1.14. The van der Waals surface area contributed by atoms with Gasteiger partial charge in [0.25, 0.3) is 5.91 Å². The molecule has 0 spiro atoms. The lowest BCUT2D eigenvalue weighted by molar-refractivity contribution is 0.0927. The highest BCUT2D eigenvalue weighted by Gasteiger charge is 2.27. The molecule has 4 N–H and O–H groups in total. The fraction of sp³-hybridized carbons (Fsp3) is 0.417. The molecule has 0 aromatic heterocycles. The zero-order valence-electron chi connectivity index (χ0n) is 9.32. The molecule has 1 aliphatic rings. The molecule has 0 radical (unpaired) electrons. The van der Waals surface area contributed by atoms with Crippen LogP contribution in [0.1, 0.15) is 29.6 Å². The van der Waals surface area contributed by atoms with Gasteiger partial charge in [0.2, 0.25) is 0 Å². The van der Waals surface area contributed by atoms with Crippen molar-refractivity contribution in [3.05, 3.63) is 29.6 Å². The maximum Gasteiger partial charge on any atom is 0.258 e. The third-order valence-corrected chi connectivity index (χ3v) is 3.10. The monoisotopic (exact) mass is 238 g/mol. The molecule has 1 amide bonds. The summed E-state index contributed by atoms with van der Waals surface area (Å²) in [7, 11) is 0. The Kier molecular flexibility index (Phi) is 3.28. The van der Waals surface area contributed by atoms with Gasteiger partial charge >= 0.3 is 0 Å². The highest BCUT2D eigenvalue weighted by Crippen LogP contribution is 2.22. The molecular formula is C12H15FN2O2. The maximum atomic E-state index is 13.4. The second-order valence-corrected chi connectivity index (χ2v) is 4.31. The van der Waals surface area contributed by atoms with Gasteiger partial charge in [-0.1, -0.05) is 6.07 Å². The topological polar surface area (TPSA) is 75.3 Å². The van der Waals surface area contributed by atoms with Crippen LogP contribution in [0.15, 0.2) is 18.2 Å². The van der Waals surface area contributed by atoms with E-state index >= 15 is 0 Å². The molecule has 2 atom stereocenters. The van der Waals surface area contributed by atoms with Crippen molar-refractivity contribution in [2.24, 2.45) is 5.73 Å². The Balaban J connectivity index is 2.14. The third kappa shape index (κ3) is 2.39. The summed E-state index contributed by atoms with van der Waals surface area (Å²) in [5, 5.41) is 12.1. The fourth-order valence-corrected chi connectivity index (χ4v) is 2.15. The van der Waals surface area contributed by atoms with Crippen LogP contribution in [0.25, 0.3) is 0 Å². The summed E-state index contributed by atoms with van der Waals surface area (Å²) in [5.41, 5.74) is 5.50. The molecule has 1 aromatic carbocycles. The van der Waals surface area contributed by atoms with Crippen LogP contribution in [-0.4, -0.2) is 23.1 Å². The molecular weight excluding hydrogens is 223 g/mol. The Bertz CT molecular complexity index is 416. The van der Waals surface area contributed by atoms with E-state index in [-0.39, 0.29) is 23.4 Å². The summed E-state index contributed by atoms with van der Waals surface area (Å²) in [6, 6.07) is 3.55. The minimum atomic E-state index is -0.728. The second kappa shape index (κ2) is 4.71. The van der Waals surface area contributed by atoms with Crippen LogP contribution < -0.4 is 11.1 Å². The first kappa shape index (κ1) is 11.9. The van der Waals surface area contributed by atoms with E-state index in [4.69, 9.17) is 5.73 Å². The van der Waals surface area contributed by atoms with Crippen LogP contribution in [0, 0.1) is 5.82 Å². The number of nitrogens with two attached hydrogens (primary N) is 1. The SMILES string of the molecule is NC1CCCC1NC(=O)c1c(O)cccc1F. The summed E-state index contributed by atoms with van der Waals surface area (Å²) in [6.45, 7) is 0. The molecule has 1 aromatic rings. The van der Waals surface area contributed by atoms with E-state index in [1.54, 1.807) is 0 Å². The van der Waals surface area contributed by atoms with Gasteiger partial charge in [-0.05, 0) is 31.4 Å². The molecule has 1 saturated carbocycles. The van der Waals surface area contributed by atoms with E-state index in [2.05, 4.69) is 5.32 Å². The number of carbonyl (C=O) groups excluding carboxylic acids is 1. The largest absolute Gasteiger partial charge is 0.507 e. The number of nitrogens with one attached hydrogen (secondary N) is 1. The van der Waals surface area contributed by atoms with E-state index in [0.29, 0.717) is 0 Å². The lowest BCUT2D eigenvalue weighted by atomic mass is 10.1. The van der Waals surface area contributed by atoms with Crippen LogP contribution in [0.3, 0.4) is 0 Å². The molecule has 0 saturated heterocycles. The van der Waals surface area contributed by atoms with Crippen LogP contribution in [0.5, 0.6) is 5.75 Å². The number of hydrogen-bond acceptors (Lipinski definition) is 3. The summed E-state index contributed by atoms with van der Waals surface area (Å²) in [5.74, 6) is -1.69. The van der Waals surface area contributed by atoms with Gasteiger partial charge in [-0.15, -0.1) is 0 Å². The van der Waals surface area contributed by atoms with Gasteiger partial charge in [-0.3, -0.25) is 4.79 Å². The van der Waals surface area contributed by atoms with Crippen molar-refractivity contribution in [3.63, 3.8) is 0 Å². The highest BCUT2D eigenvalue weighted by atomic mass is 19.1. The number of amides is 1. The fourth-order valence-electron chi connectivity index (χ4n) is 2.15.